The lowest BCUT2D eigenvalue weighted by Gasteiger charge is -2.22. The summed E-state index contributed by atoms with van der Waals surface area (Å²) >= 11 is 0. The first-order valence-electron chi connectivity index (χ1n) is 20.0. The van der Waals surface area contributed by atoms with Crippen molar-refractivity contribution in [2.75, 3.05) is 82.3 Å². The van der Waals surface area contributed by atoms with Crippen LogP contribution in [0.3, 0.4) is 0 Å². The van der Waals surface area contributed by atoms with Crippen molar-refractivity contribution in [2.45, 2.75) is 160 Å². The molecule has 0 aromatic heterocycles. The number of fused-ring (bicyclic) bond motifs is 3. The van der Waals surface area contributed by atoms with Crippen LogP contribution >= 0.6 is 0 Å². The fourth-order valence-electron chi connectivity index (χ4n) is 8.35. The predicted molar refractivity (Wildman–Crippen MR) is 209 cm³/mol. The van der Waals surface area contributed by atoms with Gasteiger partial charge in [0.2, 0.25) is 0 Å². The first kappa shape index (κ1) is 49.7. The fourth-order valence-corrected chi connectivity index (χ4v) is 8.35. The molecular weight excluding hydrogens is 695 g/mol. The van der Waals surface area contributed by atoms with Gasteiger partial charge in [0.1, 0.15) is 73.2 Å². The maximum Gasteiger partial charge on any atom is 0.115 e. The van der Waals surface area contributed by atoms with Crippen LogP contribution in [0.1, 0.15) is 86.5 Å². The zero-order valence-electron chi connectivity index (χ0n) is 34.6. The van der Waals surface area contributed by atoms with Crippen LogP contribution in [-0.2, 0) is 56.8 Å². The molecule has 6 aliphatic heterocycles. The molecular formula is C41H78BO12. The molecule has 0 unspecified atom stereocenters. The van der Waals surface area contributed by atoms with E-state index in [0.29, 0.717) is 39.6 Å². The van der Waals surface area contributed by atoms with Gasteiger partial charge in [-0.25, -0.2) is 0 Å². The van der Waals surface area contributed by atoms with Crippen molar-refractivity contribution in [2.24, 2.45) is 23.7 Å². The normalized spacial score (nSPS) is 42.8. The highest BCUT2D eigenvalue weighted by molar-refractivity contribution is 5.75. The van der Waals surface area contributed by atoms with Crippen LogP contribution in [-0.4, -0.2) is 164 Å². The molecule has 317 valence electrons. The first-order chi connectivity index (χ1) is 25.2. The summed E-state index contributed by atoms with van der Waals surface area (Å²) in [6, 6.07) is 0. The molecule has 12 nitrogen and oxygen atoms in total. The average molecular weight is 774 g/mol. The predicted octanol–water partition coefficient (Wildman–Crippen LogP) is 5.36. The van der Waals surface area contributed by atoms with Crippen molar-refractivity contribution in [3.8, 4) is 0 Å². The van der Waals surface area contributed by atoms with Crippen LogP contribution in [0, 0.1) is 23.7 Å². The molecule has 3 radical (unpaired) electrons. The van der Waals surface area contributed by atoms with Gasteiger partial charge in [-0.1, -0.05) is 86.5 Å². The van der Waals surface area contributed by atoms with Crippen molar-refractivity contribution >= 4 is 8.41 Å². The van der Waals surface area contributed by atoms with E-state index in [1.54, 1.807) is 42.7 Å². The van der Waals surface area contributed by atoms with E-state index in [0.717, 1.165) is 23.7 Å². The molecule has 12 atom stereocenters. The SMILES string of the molecule is C.CC1CCC(C)CC1.CC1CCC(C)CC1.CO[C@@H]1CO[C@H]2[C@@H]1OC[C@H]2OC.CO[C@H]1CO[C@H]2[C@@H]1OC[C@@H]2OC.CO[C@H]1CO[C@H]2[C@@H]1OC[C@H]2OC.[B]. The van der Waals surface area contributed by atoms with Crippen molar-refractivity contribution in [1.29, 1.82) is 0 Å². The zero-order valence-corrected chi connectivity index (χ0v) is 34.6. The van der Waals surface area contributed by atoms with E-state index in [4.69, 9.17) is 56.8 Å². The molecule has 13 heteroatoms. The number of methoxy groups -OCH3 is 6. The van der Waals surface area contributed by atoms with Gasteiger partial charge in [-0.3, -0.25) is 0 Å². The molecule has 0 bridgehead atoms. The fraction of sp³-hybridized carbons (Fsp3) is 1.00. The molecule has 0 aromatic rings. The number of hydrogen-bond donors (Lipinski definition) is 0. The summed E-state index contributed by atoms with van der Waals surface area (Å²) in [5.74, 6) is 4.08. The molecule has 2 saturated carbocycles. The molecule has 0 spiro atoms. The molecule has 2 aliphatic carbocycles. The third-order valence-electron chi connectivity index (χ3n) is 12.3. The van der Waals surface area contributed by atoms with Gasteiger partial charge in [-0.05, 0) is 23.7 Å². The average Bonchev–Trinajstić information content (AvgIpc) is 4.01. The highest BCUT2D eigenvalue weighted by Crippen LogP contribution is 2.32. The quantitative estimate of drug-likeness (QED) is 0.324. The molecule has 0 amide bonds. The second-order valence-corrected chi connectivity index (χ2v) is 16.2. The van der Waals surface area contributed by atoms with Crippen LogP contribution in [0.25, 0.3) is 0 Å². The summed E-state index contributed by atoms with van der Waals surface area (Å²) in [6.45, 7) is 13.2. The Morgan fingerprint density at radius 2 is 0.426 bits per heavy atom. The van der Waals surface area contributed by atoms with Crippen molar-refractivity contribution in [3.63, 3.8) is 0 Å². The zero-order chi connectivity index (χ0) is 37.6. The minimum absolute atomic E-state index is 0. The Bertz CT molecular complexity index is 771. The van der Waals surface area contributed by atoms with Crippen LogP contribution in [0.5, 0.6) is 0 Å². The Balaban J connectivity index is 0.000000234. The van der Waals surface area contributed by atoms with E-state index in [1.807, 2.05) is 0 Å². The minimum Gasteiger partial charge on any atom is -0.376 e. The number of hydrogen-bond acceptors (Lipinski definition) is 12. The third kappa shape index (κ3) is 13.9. The van der Waals surface area contributed by atoms with Gasteiger partial charge in [0.25, 0.3) is 0 Å². The maximum absolute atomic E-state index is 5.51. The summed E-state index contributed by atoms with van der Waals surface area (Å²) < 4.78 is 64.3. The van der Waals surface area contributed by atoms with Crippen LogP contribution in [0.15, 0.2) is 0 Å². The molecule has 8 rings (SSSR count). The lowest BCUT2D eigenvalue weighted by atomic mass is 9.84. The van der Waals surface area contributed by atoms with Gasteiger partial charge in [-0.2, -0.15) is 0 Å². The molecule has 6 saturated heterocycles. The monoisotopic (exact) mass is 774 g/mol. The van der Waals surface area contributed by atoms with Crippen molar-refractivity contribution < 1.29 is 56.8 Å². The molecule has 0 N–H and O–H groups in total. The second kappa shape index (κ2) is 25.8. The van der Waals surface area contributed by atoms with Gasteiger partial charge in [0.05, 0.1) is 39.6 Å². The van der Waals surface area contributed by atoms with E-state index in [9.17, 15) is 0 Å². The number of ether oxygens (including phenoxy) is 12. The molecule has 6 heterocycles. The van der Waals surface area contributed by atoms with E-state index >= 15 is 0 Å². The van der Waals surface area contributed by atoms with Gasteiger partial charge < -0.3 is 56.8 Å². The van der Waals surface area contributed by atoms with Crippen LogP contribution in [0.4, 0.5) is 0 Å². The Hall–Kier alpha value is -0.415. The topological polar surface area (TPSA) is 111 Å². The minimum atomic E-state index is 0. The highest BCUT2D eigenvalue weighted by Gasteiger charge is 2.50. The Morgan fingerprint density at radius 1 is 0.296 bits per heavy atom. The Kier molecular flexibility index (Phi) is 23.8. The molecule has 54 heavy (non-hydrogen) atoms. The largest absolute Gasteiger partial charge is 0.376 e. The number of rotatable bonds is 6. The van der Waals surface area contributed by atoms with E-state index in [-0.39, 0.29) is 89.1 Å². The lowest BCUT2D eigenvalue weighted by Crippen LogP contribution is -2.32. The van der Waals surface area contributed by atoms with Crippen molar-refractivity contribution in [3.05, 3.63) is 0 Å². The summed E-state index contributed by atoms with van der Waals surface area (Å²) in [5.41, 5.74) is 0. The third-order valence-corrected chi connectivity index (χ3v) is 12.3. The smallest absolute Gasteiger partial charge is 0.115 e. The van der Waals surface area contributed by atoms with Gasteiger partial charge in [-0.15, -0.1) is 0 Å². The Labute approximate surface area is 330 Å². The van der Waals surface area contributed by atoms with Crippen LogP contribution in [0.2, 0.25) is 0 Å². The summed E-state index contributed by atoms with van der Waals surface area (Å²) in [4.78, 5) is 0. The summed E-state index contributed by atoms with van der Waals surface area (Å²) in [6.07, 6.45) is 12.7. The molecule has 8 fully saturated rings. The standard InChI is InChI=1S/3C8H14O4.2C8H16.CH4.B/c3*1-9-5-3-11-8-6(10-2)4-12-7(5)8;2*1-7-3-5-8(2)6-4-7;;/h3*5-8H,3-4H2,1-2H3;2*7-8H,3-6H2,1-2H3;1H4;/t5-,6+,7-,8-;5-,6-,7+,8+;5-,6-,7-,8-;;;;/m101..../s1. The Morgan fingerprint density at radius 3 is 0.537 bits per heavy atom. The second-order valence-electron chi connectivity index (χ2n) is 16.2. The van der Waals surface area contributed by atoms with Gasteiger partial charge >= 0.3 is 0 Å². The summed E-state index contributed by atoms with van der Waals surface area (Å²) in [5, 5.41) is 0. The lowest BCUT2D eigenvalue weighted by molar-refractivity contribution is -0.0267. The van der Waals surface area contributed by atoms with Crippen LogP contribution < -0.4 is 0 Å². The molecule has 8 aliphatic rings. The molecule has 0 aromatic carbocycles. The van der Waals surface area contributed by atoms with E-state index in [2.05, 4.69) is 27.7 Å². The summed E-state index contributed by atoms with van der Waals surface area (Å²) in [7, 11) is 10.1. The first-order valence-corrected chi connectivity index (χ1v) is 20.0. The highest BCUT2D eigenvalue weighted by atomic mass is 16.7. The van der Waals surface area contributed by atoms with E-state index < -0.39 is 0 Å². The van der Waals surface area contributed by atoms with E-state index in [1.165, 1.54) is 51.4 Å². The van der Waals surface area contributed by atoms with Gasteiger partial charge in [0, 0.05) is 51.1 Å². The van der Waals surface area contributed by atoms with Gasteiger partial charge in [0.15, 0.2) is 0 Å². The van der Waals surface area contributed by atoms with Crippen molar-refractivity contribution in [1.82, 2.24) is 0 Å². The maximum atomic E-state index is 5.51.